The molecule has 0 bridgehead atoms. The van der Waals surface area contributed by atoms with Gasteiger partial charge in [0.2, 0.25) is 0 Å². The second-order valence-electron chi connectivity index (χ2n) is 3.77. The van der Waals surface area contributed by atoms with Crippen molar-refractivity contribution in [1.82, 2.24) is 0 Å². The number of hydrogen-bond acceptors (Lipinski definition) is 3. The molecule has 3 N–H and O–H groups in total. The number of aliphatic hydroxyl groups excluding tert-OH is 3. The molecule has 0 fully saturated rings. The normalized spacial score (nSPS) is 13.2. The summed E-state index contributed by atoms with van der Waals surface area (Å²) in [6.45, 7) is 11.2. The van der Waals surface area contributed by atoms with Gasteiger partial charge < -0.3 is 15.3 Å². The Balaban J connectivity index is -0.0000000400. The van der Waals surface area contributed by atoms with Crippen molar-refractivity contribution in [2.45, 2.75) is 79.1 Å². The van der Waals surface area contributed by atoms with E-state index in [1.165, 1.54) is 0 Å². The second-order valence-corrected chi connectivity index (χ2v) is 3.77. The second kappa shape index (κ2) is 25.7. The molecule has 0 aliphatic heterocycles. The molecule has 5 heteroatoms. The monoisotopic (exact) mass is 276 g/mol. The molecule has 0 amide bonds. The van der Waals surface area contributed by atoms with Gasteiger partial charge in [0, 0.05) is 0 Å². The van der Waals surface area contributed by atoms with Crippen molar-refractivity contribution in [2.75, 3.05) is 0 Å². The van der Waals surface area contributed by atoms with E-state index in [0.717, 1.165) is 19.3 Å². The molecular weight excluding hydrogens is 246 g/mol. The molecule has 0 aliphatic carbocycles. The number of aliphatic hydroxyl groups is 3. The topological polar surface area (TPSA) is 60.7 Å². The Morgan fingerprint density at radius 3 is 0.647 bits per heavy atom. The van der Waals surface area contributed by atoms with Crippen LogP contribution < -0.4 is 0 Å². The largest absolute Gasteiger partial charge is 3.00 e. The summed E-state index contributed by atoms with van der Waals surface area (Å²) < 4.78 is 0. The van der Waals surface area contributed by atoms with E-state index in [2.05, 4.69) is 0 Å². The van der Waals surface area contributed by atoms with Gasteiger partial charge in [-0.05, 0) is 40.0 Å². The Hall–Kier alpha value is 0.945. The minimum Gasteiger partial charge on any atom is -0.393 e. The van der Waals surface area contributed by atoms with Crippen LogP contribution in [0.15, 0.2) is 0 Å². The molecule has 0 radical (unpaired) electrons. The van der Waals surface area contributed by atoms with Crippen LogP contribution in [0, 0.1) is 0 Å². The minimum atomic E-state index is -0.116. The van der Waals surface area contributed by atoms with Crippen LogP contribution in [0.2, 0.25) is 0 Å². The molecule has 0 rings (SSSR count). The van der Waals surface area contributed by atoms with E-state index in [0.29, 0.717) is 0 Å². The molecule has 3 unspecified atom stereocenters. The van der Waals surface area contributed by atoms with Gasteiger partial charge in [-0.1, -0.05) is 20.8 Å². The third-order valence-electron chi connectivity index (χ3n) is 1.77. The maximum absolute atomic E-state index is 8.36. The molecule has 0 saturated carbocycles. The predicted molar refractivity (Wildman–Crippen MR) is 77.4 cm³/mol. The molecule has 96 valence electrons. The fourth-order valence-electron chi connectivity index (χ4n) is 0. The Morgan fingerprint density at radius 1 is 0.588 bits per heavy atom. The van der Waals surface area contributed by atoms with Gasteiger partial charge in [0.1, 0.15) is 0 Å². The van der Waals surface area contributed by atoms with Gasteiger partial charge in [-0.2, -0.15) is 0 Å². The van der Waals surface area contributed by atoms with E-state index in [1.807, 2.05) is 20.8 Å². The third kappa shape index (κ3) is 78.5. The van der Waals surface area contributed by atoms with Crippen molar-refractivity contribution in [2.24, 2.45) is 0 Å². The van der Waals surface area contributed by atoms with E-state index in [4.69, 9.17) is 15.3 Å². The fourth-order valence-corrected chi connectivity index (χ4v) is 0. The molecule has 3 atom stereocenters. The summed E-state index contributed by atoms with van der Waals surface area (Å²) in [4.78, 5) is 0. The van der Waals surface area contributed by atoms with Gasteiger partial charge in [-0.15, -0.1) is 0 Å². The van der Waals surface area contributed by atoms with E-state index >= 15 is 0 Å². The van der Waals surface area contributed by atoms with Crippen molar-refractivity contribution in [3.8, 4) is 0 Å². The van der Waals surface area contributed by atoms with Crippen molar-refractivity contribution < 1.29 is 15.3 Å². The zero-order valence-electron chi connectivity index (χ0n) is 12.3. The molecule has 0 spiro atoms. The minimum absolute atomic E-state index is 0. The van der Waals surface area contributed by atoms with E-state index in [1.54, 1.807) is 20.8 Å². The molecule has 0 aromatic carbocycles. The van der Waals surface area contributed by atoms with Crippen LogP contribution in [0.4, 0.5) is 0 Å². The molecule has 0 heterocycles. The van der Waals surface area contributed by atoms with Gasteiger partial charge in [0.15, 0.2) is 0 Å². The van der Waals surface area contributed by atoms with Crippen LogP contribution in [-0.2, 0) is 0 Å². The summed E-state index contributed by atoms with van der Waals surface area (Å²) >= 11 is 0. The summed E-state index contributed by atoms with van der Waals surface area (Å²) in [5, 5.41) is 25.1. The van der Waals surface area contributed by atoms with E-state index in [9.17, 15) is 0 Å². The van der Waals surface area contributed by atoms with Gasteiger partial charge in [0.25, 0.3) is 0 Å². The Kier molecular flexibility index (Phi) is 46.5. The Morgan fingerprint density at radius 2 is 0.647 bits per heavy atom. The first-order valence-corrected chi connectivity index (χ1v) is 5.85. The first-order valence-electron chi connectivity index (χ1n) is 5.85. The van der Waals surface area contributed by atoms with Crippen molar-refractivity contribution in [3.63, 3.8) is 0 Å². The molecule has 0 aromatic heterocycles. The standard InChI is InChI=1S/3C4H10O.2Al/c3*1-3-4(2)5;;/h3*4-5H,3H2,1-2H3;;/q;;;2*+3. The molecule has 0 saturated heterocycles. The van der Waals surface area contributed by atoms with Crippen LogP contribution in [0.5, 0.6) is 0 Å². The van der Waals surface area contributed by atoms with Crippen LogP contribution in [0.25, 0.3) is 0 Å². The van der Waals surface area contributed by atoms with Crippen molar-refractivity contribution >= 4 is 34.7 Å². The first kappa shape index (κ1) is 30.7. The third-order valence-corrected chi connectivity index (χ3v) is 1.77. The molecule has 3 nitrogen and oxygen atoms in total. The fraction of sp³-hybridized carbons (Fsp3) is 1.00. The summed E-state index contributed by atoms with van der Waals surface area (Å²) in [6.07, 6.45) is 2.24. The Bertz CT molecular complexity index is 80.7. The van der Waals surface area contributed by atoms with Gasteiger partial charge >= 0.3 is 34.7 Å². The molecule has 0 aromatic rings. The summed E-state index contributed by atoms with van der Waals surface area (Å²) in [5.41, 5.74) is 0. The number of hydrogen-bond donors (Lipinski definition) is 3. The van der Waals surface area contributed by atoms with Crippen molar-refractivity contribution in [1.29, 1.82) is 0 Å². The van der Waals surface area contributed by atoms with Crippen molar-refractivity contribution in [3.05, 3.63) is 0 Å². The molecule has 0 aliphatic rings. The maximum atomic E-state index is 8.36. The maximum Gasteiger partial charge on any atom is 3.00 e. The average molecular weight is 276 g/mol. The quantitative estimate of drug-likeness (QED) is 0.686. The summed E-state index contributed by atoms with van der Waals surface area (Å²) in [5.74, 6) is 0. The average Bonchev–Trinajstić information content (AvgIpc) is 2.19. The van der Waals surface area contributed by atoms with E-state index in [-0.39, 0.29) is 53.0 Å². The van der Waals surface area contributed by atoms with Crippen LogP contribution in [-0.4, -0.2) is 68.4 Å². The van der Waals surface area contributed by atoms with Gasteiger partial charge in [0.05, 0.1) is 18.3 Å². The smallest absolute Gasteiger partial charge is 0.393 e. The van der Waals surface area contributed by atoms with Gasteiger partial charge in [-0.25, -0.2) is 0 Å². The number of rotatable bonds is 3. The SMILES string of the molecule is CCC(C)O.CCC(C)O.CCC(C)O.[Al+3].[Al+3]. The van der Waals surface area contributed by atoms with Crippen LogP contribution in [0.3, 0.4) is 0 Å². The summed E-state index contributed by atoms with van der Waals surface area (Å²) in [6, 6.07) is 0. The first-order chi connectivity index (χ1) is 6.81. The Labute approximate surface area is 129 Å². The van der Waals surface area contributed by atoms with Crippen LogP contribution >= 0.6 is 0 Å². The molecule has 17 heavy (non-hydrogen) atoms. The summed E-state index contributed by atoms with van der Waals surface area (Å²) in [7, 11) is 0. The molecular formula is C12H30Al2O3+6. The van der Waals surface area contributed by atoms with Crippen LogP contribution in [0.1, 0.15) is 60.8 Å². The zero-order chi connectivity index (χ0) is 12.9. The van der Waals surface area contributed by atoms with Gasteiger partial charge in [-0.3, -0.25) is 0 Å². The van der Waals surface area contributed by atoms with E-state index < -0.39 is 0 Å². The predicted octanol–water partition coefficient (Wildman–Crippen LogP) is 1.57. The zero-order valence-corrected chi connectivity index (χ0v) is 14.7.